The van der Waals surface area contributed by atoms with Gasteiger partial charge < -0.3 is 11.1 Å². The lowest BCUT2D eigenvalue weighted by Gasteiger charge is -2.33. The van der Waals surface area contributed by atoms with Crippen LogP contribution in [-0.2, 0) is 12.8 Å². The number of carbonyl (C=O) groups excluding carboxylic acids is 2. The molecule has 1 atom stereocenters. The molecule has 2 aromatic rings. The average Bonchev–Trinajstić information content (AvgIpc) is 2.98. The normalized spacial score (nSPS) is 16.2. The number of nitrogens with zero attached hydrogens (tertiary/aromatic N) is 1. The zero-order chi connectivity index (χ0) is 21.5. The number of rotatable bonds is 4. The van der Waals surface area contributed by atoms with Crippen LogP contribution in [0.4, 0.5) is 10.7 Å². The largest absolute Gasteiger partial charge is 0.365 e. The fourth-order valence-electron chi connectivity index (χ4n) is 3.65. The summed E-state index contributed by atoms with van der Waals surface area (Å²) in [7, 11) is 0. The van der Waals surface area contributed by atoms with E-state index in [2.05, 4.69) is 26.1 Å². The van der Waals surface area contributed by atoms with Gasteiger partial charge in [-0.2, -0.15) is 0 Å². The summed E-state index contributed by atoms with van der Waals surface area (Å²) in [6, 6.07) is 3.65. The summed E-state index contributed by atoms with van der Waals surface area (Å²) in [5.74, 6) is -0.756. The minimum absolute atomic E-state index is 0.0322. The van der Waals surface area contributed by atoms with Gasteiger partial charge in [-0.3, -0.25) is 19.7 Å². The van der Waals surface area contributed by atoms with Crippen molar-refractivity contribution in [1.29, 1.82) is 0 Å². The van der Waals surface area contributed by atoms with Crippen LogP contribution in [0.5, 0.6) is 0 Å². The number of nitrogens with one attached hydrogen (secondary N) is 1. The number of hydrogen-bond acceptors (Lipinski definition) is 5. The highest BCUT2D eigenvalue weighted by Gasteiger charge is 2.33. The number of amides is 2. The molecule has 1 heterocycles. The highest BCUT2D eigenvalue weighted by Crippen LogP contribution is 2.44. The van der Waals surface area contributed by atoms with Crippen molar-refractivity contribution in [1.82, 2.24) is 0 Å². The van der Waals surface area contributed by atoms with Crippen LogP contribution in [0.3, 0.4) is 0 Å². The quantitative estimate of drug-likeness (QED) is 0.529. The molecule has 0 fully saturated rings. The molecule has 3 rings (SSSR count). The first-order valence-corrected chi connectivity index (χ1v) is 10.4. The summed E-state index contributed by atoms with van der Waals surface area (Å²) < 4.78 is 0. The van der Waals surface area contributed by atoms with Crippen molar-refractivity contribution in [3.63, 3.8) is 0 Å². The van der Waals surface area contributed by atoms with E-state index in [1.54, 1.807) is 0 Å². The molecule has 1 unspecified atom stereocenters. The lowest BCUT2D eigenvalue weighted by Crippen LogP contribution is -2.27. The number of nitro groups is 1. The van der Waals surface area contributed by atoms with Crippen LogP contribution in [-0.4, -0.2) is 16.7 Å². The molecule has 1 aromatic carbocycles. The fraction of sp³-hybridized carbons (Fsp3) is 0.400. The Morgan fingerprint density at radius 2 is 2.03 bits per heavy atom. The molecule has 2 amide bonds. The second kappa shape index (κ2) is 7.76. The Balaban J connectivity index is 1.95. The lowest BCUT2D eigenvalue weighted by molar-refractivity contribution is -0.384. The van der Waals surface area contributed by atoms with Crippen molar-refractivity contribution in [2.75, 3.05) is 5.32 Å². The number of halogens is 1. The summed E-state index contributed by atoms with van der Waals surface area (Å²) in [6.07, 6.45) is 2.48. The van der Waals surface area contributed by atoms with E-state index in [-0.39, 0.29) is 21.7 Å². The van der Waals surface area contributed by atoms with Crippen molar-refractivity contribution in [3.8, 4) is 0 Å². The molecule has 0 spiro atoms. The average molecular weight is 436 g/mol. The van der Waals surface area contributed by atoms with E-state index in [4.69, 9.17) is 17.3 Å². The molecular weight excluding hydrogens is 414 g/mol. The molecule has 0 bridgehead atoms. The topological polar surface area (TPSA) is 115 Å². The van der Waals surface area contributed by atoms with Gasteiger partial charge in [-0.25, -0.2) is 0 Å². The third-order valence-corrected chi connectivity index (χ3v) is 6.87. The van der Waals surface area contributed by atoms with Crippen molar-refractivity contribution < 1.29 is 14.5 Å². The fourth-order valence-corrected chi connectivity index (χ4v) is 5.18. The van der Waals surface area contributed by atoms with Gasteiger partial charge in [0.15, 0.2) is 0 Å². The third-order valence-electron chi connectivity index (χ3n) is 5.37. The standard InChI is InChI=1S/C20H22ClN3O4S/c1-20(2,3)10-4-6-12-15(8-10)29-19(16(12)17(22)25)23-18(26)13-9-11(24(27)28)5-7-14(13)21/h5,7,9-10H,4,6,8H2,1-3H3,(H2,22,25)(H,23,26). The Morgan fingerprint density at radius 1 is 1.34 bits per heavy atom. The summed E-state index contributed by atoms with van der Waals surface area (Å²) in [4.78, 5) is 36.3. The van der Waals surface area contributed by atoms with E-state index in [9.17, 15) is 19.7 Å². The highest BCUT2D eigenvalue weighted by atomic mass is 35.5. The van der Waals surface area contributed by atoms with Crippen LogP contribution >= 0.6 is 22.9 Å². The number of nitro benzene ring substituents is 1. The van der Waals surface area contributed by atoms with Gasteiger partial charge in [0, 0.05) is 17.0 Å². The molecule has 1 aliphatic rings. The zero-order valence-corrected chi connectivity index (χ0v) is 17.9. The second-order valence-corrected chi connectivity index (χ2v) is 9.77. The molecule has 1 aliphatic carbocycles. The highest BCUT2D eigenvalue weighted by molar-refractivity contribution is 7.17. The predicted molar refractivity (Wildman–Crippen MR) is 114 cm³/mol. The number of fused-ring (bicyclic) bond motifs is 1. The third kappa shape index (κ3) is 4.28. The van der Waals surface area contributed by atoms with Crippen LogP contribution < -0.4 is 11.1 Å². The number of thiophene rings is 1. The van der Waals surface area contributed by atoms with Gasteiger partial charge in [0.1, 0.15) is 5.00 Å². The first kappa shape index (κ1) is 21.3. The summed E-state index contributed by atoms with van der Waals surface area (Å²) in [5.41, 5.74) is 6.69. The summed E-state index contributed by atoms with van der Waals surface area (Å²) in [5, 5.41) is 14.2. The van der Waals surface area contributed by atoms with E-state index in [0.717, 1.165) is 35.8 Å². The van der Waals surface area contributed by atoms with Gasteiger partial charge in [0.25, 0.3) is 17.5 Å². The maximum Gasteiger partial charge on any atom is 0.270 e. The van der Waals surface area contributed by atoms with Crippen LogP contribution in [0.25, 0.3) is 0 Å². The van der Waals surface area contributed by atoms with E-state index < -0.39 is 16.7 Å². The van der Waals surface area contributed by atoms with E-state index >= 15 is 0 Å². The first-order chi connectivity index (χ1) is 13.5. The van der Waals surface area contributed by atoms with E-state index in [0.29, 0.717) is 16.5 Å². The number of benzene rings is 1. The van der Waals surface area contributed by atoms with E-state index in [1.807, 2.05) is 0 Å². The first-order valence-electron chi connectivity index (χ1n) is 9.18. The monoisotopic (exact) mass is 435 g/mol. The Morgan fingerprint density at radius 3 is 2.62 bits per heavy atom. The molecule has 0 saturated carbocycles. The van der Waals surface area contributed by atoms with Crippen molar-refractivity contribution >= 4 is 45.4 Å². The van der Waals surface area contributed by atoms with Gasteiger partial charge in [-0.1, -0.05) is 32.4 Å². The molecule has 0 radical (unpaired) electrons. The van der Waals surface area contributed by atoms with Crippen molar-refractivity contribution in [2.24, 2.45) is 17.1 Å². The van der Waals surface area contributed by atoms with E-state index in [1.165, 1.54) is 23.5 Å². The molecule has 1 aromatic heterocycles. The Hall–Kier alpha value is -2.45. The number of non-ortho nitro benzene ring substituents is 1. The molecule has 7 nitrogen and oxygen atoms in total. The van der Waals surface area contributed by atoms with Gasteiger partial charge in [-0.15, -0.1) is 11.3 Å². The molecule has 3 N–H and O–H groups in total. The van der Waals surface area contributed by atoms with Crippen LogP contribution in [0, 0.1) is 21.4 Å². The molecule has 9 heteroatoms. The minimum atomic E-state index is -0.618. The van der Waals surface area contributed by atoms with Crippen LogP contribution in [0.15, 0.2) is 18.2 Å². The van der Waals surface area contributed by atoms with Gasteiger partial charge in [-0.05, 0) is 42.2 Å². The molecule has 154 valence electrons. The molecule has 29 heavy (non-hydrogen) atoms. The molecule has 0 saturated heterocycles. The van der Waals surface area contributed by atoms with Crippen molar-refractivity contribution in [2.45, 2.75) is 40.0 Å². The van der Waals surface area contributed by atoms with Crippen molar-refractivity contribution in [3.05, 3.63) is 54.9 Å². The Labute approximate surface area is 177 Å². The molecule has 0 aliphatic heterocycles. The van der Waals surface area contributed by atoms with Crippen LogP contribution in [0.2, 0.25) is 5.02 Å². The SMILES string of the molecule is CC(C)(C)C1CCc2c(sc(NC(=O)c3cc([N+](=O)[O-])ccc3Cl)c2C(N)=O)C1. The number of carbonyl (C=O) groups is 2. The number of anilines is 1. The predicted octanol–water partition coefficient (Wildman–Crippen LogP) is 4.81. The maximum absolute atomic E-state index is 12.8. The number of primary amides is 1. The summed E-state index contributed by atoms with van der Waals surface area (Å²) in [6.45, 7) is 6.58. The minimum Gasteiger partial charge on any atom is -0.365 e. The molecular formula is C20H22ClN3O4S. The van der Waals surface area contributed by atoms with Gasteiger partial charge in [0.05, 0.1) is 21.1 Å². The summed E-state index contributed by atoms with van der Waals surface area (Å²) >= 11 is 7.40. The maximum atomic E-state index is 12.8. The second-order valence-electron chi connectivity index (χ2n) is 8.25. The number of hydrogen-bond donors (Lipinski definition) is 2. The smallest absolute Gasteiger partial charge is 0.270 e. The Bertz CT molecular complexity index is 1010. The van der Waals surface area contributed by atoms with Crippen LogP contribution in [0.1, 0.15) is 58.3 Å². The lowest BCUT2D eigenvalue weighted by atomic mass is 9.72. The zero-order valence-electron chi connectivity index (χ0n) is 16.4. The number of nitrogens with two attached hydrogens (primary N) is 1. The van der Waals surface area contributed by atoms with Gasteiger partial charge >= 0.3 is 0 Å². The van der Waals surface area contributed by atoms with Gasteiger partial charge in [0.2, 0.25) is 0 Å². The Kier molecular flexibility index (Phi) is 5.69.